The lowest BCUT2D eigenvalue weighted by atomic mass is 9.80. The predicted molar refractivity (Wildman–Crippen MR) is 209 cm³/mol. The lowest BCUT2D eigenvalue weighted by molar-refractivity contribution is 0.660. The van der Waals surface area contributed by atoms with Crippen molar-refractivity contribution >= 4 is 49.4 Å². The van der Waals surface area contributed by atoms with E-state index in [1.54, 1.807) is 0 Å². The number of hydrogen-bond donors (Lipinski definition) is 0. The van der Waals surface area contributed by atoms with Crippen molar-refractivity contribution in [2.75, 3.05) is 4.90 Å². The molecular formula is C48H37N. The van der Waals surface area contributed by atoms with E-state index in [1.807, 2.05) is 0 Å². The first-order valence-corrected chi connectivity index (χ1v) is 17.4. The summed E-state index contributed by atoms with van der Waals surface area (Å²) >= 11 is 0. The fourth-order valence-electron chi connectivity index (χ4n) is 9.12. The van der Waals surface area contributed by atoms with E-state index < -0.39 is 0 Å². The Labute approximate surface area is 288 Å². The fraction of sp³-hybridized carbons (Fsp3) is 0.125. The Kier molecular flexibility index (Phi) is 5.75. The molecule has 0 aliphatic heterocycles. The Balaban J connectivity index is 1.18. The van der Waals surface area contributed by atoms with Gasteiger partial charge in [0.2, 0.25) is 0 Å². The summed E-state index contributed by atoms with van der Waals surface area (Å²) in [6.07, 6.45) is 0. The van der Waals surface area contributed by atoms with E-state index in [-0.39, 0.29) is 10.8 Å². The zero-order chi connectivity index (χ0) is 33.1. The lowest BCUT2D eigenvalue weighted by Gasteiger charge is -2.29. The summed E-state index contributed by atoms with van der Waals surface area (Å²) in [6, 6.07) is 56.7. The van der Waals surface area contributed by atoms with Gasteiger partial charge in [-0.2, -0.15) is 0 Å². The topological polar surface area (TPSA) is 3.24 Å². The van der Waals surface area contributed by atoms with Gasteiger partial charge in [0.25, 0.3) is 0 Å². The van der Waals surface area contributed by atoms with Crippen molar-refractivity contribution in [3.05, 3.63) is 174 Å². The first kappa shape index (κ1) is 28.4. The molecule has 0 aromatic heterocycles. The molecule has 0 heterocycles. The summed E-state index contributed by atoms with van der Waals surface area (Å²) in [5.41, 5.74) is 14.2. The van der Waals surface area contributed by atoms with Crippen molar-refractivity contribution in [1.82, 2.24) is 0 Å². The Morgan fingerprint density at radius 3 is 1.90 bits per heavy atom. The number of rotatable bonds is 4. The van der Waals surface area contributed by atoms with Gasteiger partial charge in [0.1, 0.15) is 0 Å². The van der Waals surface area contributed by atoms with Crippen LogP contribution in [0.5, 0.6) is 0 Å². The fourth-order valence-corrected chi connectivity index (χ4v) is 9.12. The first-order chi connectivity index (χ1) is 23.8. The van der Waals surface area contributed by atoms with Gasteiger partial charge in [-0.15, -0.1) is 0 Å². The first-order valence-electron chi connectivity index (χ1n) is 17.4. The maximum absolute atomic E-state index is 2.47. The van der Waals surface area contributed by atoms with Crippen LogP contribution in [0.4, 0.5) is 17.1 Å². The van der Waals surface area contributed by atoms with Crippen LogP contribution in [0.3, 0.4) is 0 Å². The van der Waals surface area contributed by atoms with Crippen molar-refractivity contribution in [3.63, 3.8) is 0 Å². The number of nitrogens with zero attached hydrogens (tertiary/aromatic N) is 1. The quantitative estimate of drug-likeness (QED) is 0.176. The van der Waals surface area contributed by atoms with E-state index in [2.05, 4.69) is 184 Å². The third-order valence-corrected chi connectivity index (χ3v) is 11.6. The van der Waals surface area contributed by atoms with Gasteiger partial charge in [0, 0.05) is 27.6 Å². The lowest BCUT2D eigenvalue weighted by Crippen LogP contribution is -2.16. The molecule has 234 valence electrons. The average molecular weight is 628 g/mol. The van der Waals surface area contributed by atoms with Gasteiger partial charge in [0.05, 0.1) is 5.69 Å². The molecule has 49 heavy (non-hydrogen) atoms. The van der Waals surface area contributed by atoms with Crippen LogP contribution >= 0.6 is 0 Å². The molecule has 0 N–H and O–H groups in total. The number of para-hydroxylation sites is 1. The number of hydrogen-bond acceptors (Lipinski definition) is 1. The van der Waals surface area contributed by atoms with Crippen molar-refractivity contribution in [1.29, 1.82) is 0 Å². The van der Waals surface area contributed by atoms with Crippen LogP contribution in [0.15, 0.2) is 152 Å². The molecule has 2 aliphatic rings. The van der Waals surface area contributed by atoms with Gasteiger partial charge in [-0.3, -0.25) is 0 Å². The summed E-state index contributed by atoms with van der Waals surface area (Å²) in [6.45, 7) is 9.49. The van der Waals surface area contributed by atoms with Crippen molar-refractivity contribution in [3.8, 4) is 22.3 Å². The minimum atomic E-state index is -0.0767. The monoisotopic (exact) mass is 627 g/mol. The van der Waals surface area contributed by atoms with Crippen molar-refractivity contribution in [2.24, 2.45) is 0 Å². The van der Waals surface area contributed by atoms with E-state index in [0.29, 0.717) is 0 Å². The van der Waals surface area contributed by atoms with Gasteiger partial charge < -0.3 is 4.90 Å². The molecule has 0 atom stereocenters. The molecule has 1 heteroatoms. The minimum Gasteiger partial charge on any atom is -0.310 e. The molecule has 0 radical (unpaired) electrons. The molecule has 0 spiro atoms. The number of anilines is 3. The zero-order valence-corrected chi connectivity index (χ0v) is 28.4. The molecule has 0 bridgehead atoms. The number of benzene rings is 8. The van der Waals surface area contributed by atoms with Gasteiger partial charge >= 0.3 is 0 Å². The van der Waals surface area contributed by atoms with Crippen LogP contribution in [0.1, 0.15) is 49.9 Å². The Hall–Kier alpha value is -5.66. The maximum atomic E-state index is 2.47. The highest BCUT2D eigenvalue weighted by Gasteiger charge is 2.36. The van der Waals surface area contributed by atoms with Crippen LogP contribution in [0, 0.1) is 0 Å². The second kappa shape index (κ2) is 9.94. The molecule has 0 amide bonds. The molecule has 0 saturated carbocycles. The maximum Gasteiger partial charge on any atom is 0.0540 e. The molecular weight excluding hydrogens is 591 g/mol. The SMILES string of the molecule is CC1(C)c2ccccc2-c2ccc(N(c3ccccc3)c3ccc(-c4cc5c6c(ccc7cccc(c76)C5(C)C)c4)c4ccccc34)cc21. The Bertz CT molecular complexity index is 2660. The van der Waals surface area contributed by atoms with Gasteiger partial charge in [-0.25, -0.2) is 0 Å². The molecule has 1 nitrogen and oxygen atoms in total. The van der Waals surface area contributed by atoms with Crippen LogP contribution in [-0.4, -0.2) is 0 Å². The highest BCUT2D eigenvalue weighted by atomic mass is 15.1. The van der Waals surface area contributed by atoms with E-state index in [1.165, 1.54) is 88.2 Å². The van der Waals surface area contributed by atoms with Gasteiger partial charge in [0.15, 0.2) is 0 Å². The second-order valence-electron chi connectivity index (χ2n) is 15.0. The van der Waals surface area contributed by atoms with Crippen LogP contribution in [-0.2, 0) is 10.8 Å². The smallest absolute Gasteiger partial charge is 0.0540 e. The van der Waals surface area contributed by atoms with Gasteiger partial charge in [-0.05, 0) is 114 Å². The van der Waals surface area contributed by atoms with E-state index >= 15 is 0 Å². The molecule has 2 aliphatic carbocycles. The average Bonchev–Trinajstić information content (AvgIpc) is 3.51. The summed E-state index contributed by atoms with van der Waals surface area (Å²) in [4.78, 5) is 2.45. The number of fused-ring (bicyclic) bond motifs is 4. The third kappa shape index (κ3) is 3.88. The van der Waals surface area contributed by atoms with Crippen LogP contribution < -0.4 is 4.90 Å². The summed E-state index contributed by atoms with van der Waals surface area (Å²) in [5, 5.41) is 7.99. The summed E-state index contributed by atoms with van der Waals surface area (Å²) in [7, 11) is 0. The van der Waals surface area contributed by atoms with Gasteiger partial charge in [-0.1, -0.05) is 137 Å². The standard InChI is InChI=1S/C48H37N/c1-47(2)40-19-11-10-17-37(40)38-24-23-34(29-42(38)47)49(33-14-6-5-7-15-33)44-26-25-35(36-16-8-9-18-39(36)44)32-27-31-22-21-30-13-12-20-41-45(30)46(31)43(28-32)48(41,3)4/h5-29H,1-4H3. The Morgan fingerprint density at radius 2 is 1.04 bits per heavy atom. The highest BCUT2D eigenvalue weighted by molar-refractivity contribution is 6.16. The molecule has 0 unspecified atom stereocenters. The zero-order valence-electron chi connectivity index (χ0n) is 28.4. The second-order valence-corrected chi connectivity index (χ2v) is 15.0. The summed E-state index contributed by atoms with van der Waals surface area (Å²) < 4.78 is 0. The Morgan fingerprint density at radius 1 is 0.388 bits per heavy atom. The van der Waals surface area contributed by atoms with Crippen molar-refractivity contribution < 1.29 is 0 Å². The predicted octanol–water partition coefficient (Wildman–Crippen LogP) is 13.2. The van der Waals surface area contributed by atoms with Crippen molar-refractivity contribution in [2.45, 2.75) is 38.5 Å². The molecule has 8 aromatic rings. The van der Waals surface area contributed by atoms with E-state index in [4.69, 9.17) is 0 Å². The summed E-state index contributed by atoms with van der Waals surface area (Å²) in [5.74, 6) is 0. The molecule has 0 saturated heterocycles. The highest BCUT2D eigenvalue weighted by Crippen LogP contribution is 2.53. The van der Waals surface area contributed by atoms with Crippen LogP contribution in [0.2, 0.25) is 0 Å². The minimum absolute atomic E-state index is 0.0572. The third-order valence-electron chi connectivity index (χ3n) is 11.6. The normalized spacial score (nSPS) is 14.9. The van der Waals surface area contributed by atoms with E-state index in [9.17, 15) is 0 Å². The van der Waals surface area contributed by atoms with Crippen LogP contribution in [0.25, 0.3) is 54.6 Å². The largest absolute Gasteiger partial charge is 0.310 e. The van der Waals surface area contributed by atoms with E-state index in [0.717, 1.165) is 5.69 Å². The molecule has 10 rings (SSSR count). The molecule has 0 fully saturated rings. The molecule has 8 aromatic carbocycles.